The minimum Gasteiger partial charge on any atom is -0.497 e. The summed E-state index contributed by atoms with van der Waals surface area (Å²) in [4.78, 5) is 25.2. The Bertz CT molecular complexity index is 1170. The lowest BCUT2D eigenvalue weighted by Gasteiger charge is -2.34. The van der Waals surface area contributed by atoms with Crippen molar-refractivity contribution < 1.29 is 27.9 Å². The van der Waals surface area contributed by atoms with Crippen LogP contribution in [0.2, 0.25) is 0 Å². The van der Waals surface area contributed by atoms with Gasteiger partial charge in [0.25, 0.3) is 0 Å². The fraction of sp³-hybridized carbons (Fsp3) is 0.500. The summed E-state index contributed by atoms with van der Waals surface area (Å²) in [5.74, 6) is -1.33. The highest BCUT2D eigenvalue weighted by molar-refractivity contribution is 7.89. The molecular weight excluding hydrogens is 506 g/mol. The van der Waals surface area contributed by atoms with Gasteiger partial charge >= 0.3 is 0 Å². The Hall–Kier alpha value is -2.95. The smallest absolute Gasteiger partial charge is 0.243 e. The number of benzene rings is 2. The lowest BCUT2D eigenvalue weighted by molar-refractivity contribution is -0.139. The Labute approximate surface area is 226 Å². The fourth-order valence-corrected chi connectivity index (χ4v) is 5.59. The Morgan fingerprint density at radius 2 is 1.61 bits per heavy atom. The lowest BCUT2D eigenvalue weighted by atomic mass is 9.78. The van der Waals surface area contributed by atoms with Crippen LogP contribution in [0, 0.1) is 17.3 Å². The second kappa shape index (κ2) is 13.2. The Balaban J connectivity index is 2.39. The zero-order valence-electron chi connectivity index (χ0n) is 23.0. The van der Waals surface area contributed by atoms with Crippen LogP contribution < -0.4 is 15.8 Å². The second-order valence-corrected chi connectivity index (χ2v) is 12.5. The van der Waals surface area contributed by atoms with Gasteiger partial charge in [0.1, 0.15) is 5.75 Å². The molecule has 2 aromatic rings. The van der Waals surface area contributed by atoms with Crippen LogP contribution in [0.1, 0.15) is 40.2 Å². The largest absolute Gasteiger partial charge is 0.497 e. The number of aliphatic hydroxyl groups excluding tert-OH is 1. The van der Waals surface area contributed by atoms with Gasteiger partial charge in [0.2, 0.25) is 21.8 Å². The number of nitrogens with two attached hydrogens (primary N) is 1. The maximum absolute atomic E-state index is 13.6. The van der Waals surface area contributed by atoms with Crippen molar-refractivity contribution in [3.8, 4) is 5.75 Å². The van der Waals surface area contributed by atoms with Gasteiger partial charge in [-0.15, -0.1) is 0 Å². The Morgan fingerprint density at radius 3 is 2.11 bits per heavy atom. The van der Waals surface area contributed by atoms with Crippen LogP contribution in [-0.2, 0) is 26.0 Å². The van der Waals surface area contributed by atoms with Gasteiger partial charge in [-0.2, -0.15) is 4.31 Å². The van der Waals surface area contributed by atoms with Crippen LogP contribution >= 0.6 is 0 Å². The molecule has 0 saturated carbocycles. The average molecular weight is 548 g/mol. The van der Waals surface area contributed by atoms with Crippen LogP contribution in [0.15, 0.2) is 59.5 Å². The highest BCUT2D eigenvalue weighted by atomic mass is 32.2. The third-order valence-electron chi connectivity index (χ3n) is 6.83. The van der Waals surface area contributed by atoms with E-state index >= 15 is 0 Å². The van der Waals surface area contributed by atoms with Crippen molar-refractivity contribution in [2.75, 3.05) is 20.2 Å². The number of carbonyl (C=O) groups is 2. The normalized spacial score (nSPS) is 14.7. The number of nitrogens with one attached hydrogen (secondary N) is 1. The minimum absolute atomic E-state index is 0.0206. The van der Waals surface area contributed by atoms with Crippen LogP contribution in [0.3, 0.4) is 0 Å². The SMILES string of the molecule is COc1ccc(S(=O)(=O)N(CC(C)C)CC(O)C(Cc2ccccc2)NC(=O)C(C)(C)C(C)C(N)=O)cc1. The van der Waals surface area contributed by atoms with E-state index in [-0.39, 0.29) is 30.3 Å². The number of ether oxygens (including phenoxy) is 1. The number of methoxy groups -OCH3 is 1. The zero-order valence-corrected chi connectivity index (χ0v) is 23.9. The molecule has 0 aliphatic carbocycles. The second-order valence-electron chi connectivity index (χ2n) is 10.6. The fourth-order valence-electron chi connectivity index (χ4n) is 3.97. The summed E-state index contributed by atoms with van der Waals surface area (Å²) in [6.07, 6.45) is -0.988. The molecule has 10 heteroatoms. The van der Waals surface area contributed by atoms with Gasteiger partial charge in [0, 0.05) is 19.0 Å². The average Bonchev–Trinajstić information content (AvgIpc) is 2.87. The first-order valence-electron chi connectivity index (χ1n) is 12.7. The van der Waals surface area contributed by atoms with E-state index in [1.165, 1.54) is 23.5 Å². The quantitative estimate of drug-likeness (QED) is 0.332. The minimum atomic E-state index is -3.96. The molecule has 2 aromatic carbocycles. The molecule has 0 spiro atoms. The van der Waals surface area contributed by atoms with E-state index in [2.05, 4.69) is 5.32 Å². The van der Waals surface area contributed by atoms with Crippen molar-refractivity contribution in [1.82, 2.24) is 9.62 Å². The monoisotopic (exact) mass is 547 g/mol. The summed E-state index contributed by atoms with van der Waals surface area (Å²) in [5.41, 5.74) is 5.17. The van der Waals surface area contributed by atoms with E-state index in [0.717, 1.165) is 5.56 Å². The van der Waals surface area contributed by atoms with Gasteiger partial charge < -0.3 is 20.9 Å². The molecule has 0 radical (unpaired) electrons. The Kier molecular flexibility index (Phi) is 10.9. The number of rotatable bonds is 14. The number of nitrogens with zero attached hydrogens (tertiary/aromatic N) is 1. The summed E-state index contributed by atoms with van der Waals surface area (Å²) in [6.45, 7) is 8.51. The number of sulfonamides is 1. The Morgan fingerprint density at radius 1 is 1.03 bits per heavy atom. The highest BCUT2D eigenvalue weighted by Gasteiger charge is 2.39. The molecule has 2 amide bonds. The number of hydrogen-bond acceptors (Lipinski definition) is 6. The van der Waals surface area contributed by atoms with Gasteiger partial charge in [-0.3, -0.25) is 9.59 Å². The summed E-state index contributed by atoms with van der Waals surface area (Å²) in [5, 5.41) is 14.2. The molecule has 3 unspecified atom stereocenters. The van der Waals surface area contributed by atoms with Crippen LogP contribution in [0.4, 0.5) is 0 Å². The summed E-state index contributed by atoms with van der Waals surface area (Å²) < 4.78 is 33.5. The molecule has 0 heterocycles. The molecule has 0 aliphatic rings. The zero-order chi connectivity index (χ0) is 28.7. The first-order chi connectivity index (χ1) is 17.7. The van der Waals surface area contributed by atoms with E-state index in [1.54, 1.807) is 32.9 Å². The van der Waals surface area contributed by atoms with Gasteiger partial charge in [-0.05, 0) is 42.2 Å². The predicted molar refractivity (Wildman–Crippen MR) is 147 cm³/mol. The molecule has 210 valence electrons. The maximum Gasteiger partial charge on any atom is 0.243 e. The van der Waals surface area contributed by atoms with Crippen molar-refractivity contribution in [2.24, 2.45) is 23.0 Å². The molecule has 0 fully saturated rings. The molecular formula is C28H41N3O6S. The lowest BCUT2D eigenvalue weighted by Crippen LogP contribution is -2.55. The highest BCUT2D eigenvalue weighted by Crippen LogP contribution is 2.27. The molecule has 0 bridgehead atoms. The number of aliphatic hydroxyl groups is 1. The predicted octanol–water partition coefficient (Wildman–Crippen LogP) is 2.58. The van der Waals surface area contributed by atoms with E-state index < -0.39 is 45.3 Å². The van der Waals surface area contributed by atoms with Gasteiger partial charge in [0.15, 0.2) is 0 Å². The van der Waals surface area contributed by atoms with Crippen molar-refractivity contribution in [3.63, 3.8) is 0 Å². The standard InChI is InChI=1S/C28H41N3O6S/c1-19(2)17-31(38(35,36)23-14-12-22(37-6)13-15-23)18-25(32)24(16-21-10-8-7-9-11-21)30-27(34)28(4,5)20(3)26(29)33/h7-15,19-20,24-25,32H,16-18H2,1-6H3,(H2,29,33)(H,30,34). The molecule has 4 N–H and O–H groups in total. The van der Waals surface area contributed by atoms with E-state index in [9.17, 15) is 23.1 Å². The molecule has 3 atom stereocenters. The molecule has 2 rings (SSSR count). The van der Waals surface area contributed by atoms with Crippen LogP contribution in [0.25, 0.3) is 0 Å². The molecule has 38 heavy (non-hydrogen) atoms. The van der Waals surface area contributed by atoms with Gasteiger partial charge in [-0.1, -0.05) is 65.0 Å². The summed E-state index contributed by atoms with van der Waals surface area (Å²) >= 11 is 0. The third-order valence-corrected chi connectivity index (χ3v) is 8.68. The van der Waals surface area contributed by atoms with Gasteiger partial charge in [0.05, 0.1) is 29.6 Å². The third kappa shape index (κ3) is 8.02. The summed E-state index contributed by atoms with van der Waals surface area (Å²) in [6, 6.07) is 14.5. The molecule has 0 aromatic heterocycles. The van der Waals surface area contributed by atoms with Crippen molar-refractivity contribution >= 4 is 21.8 Å². The van der Waals surface area contributed by atoms with Gasteiger partial charge in [-0.25, -0.2) is 8.42 Å². The maximum atomic E-state index is 13.6. The number of amides is 2. The molecule has 0 aliphatic heterocycles. The van der Waals surface area contributed by atoms with Crippen molar-refractivity contribution in [2.45, 2.75) is 58.1 Å². The van der Waals surface area contributed by atoms with Crippen molar-refractivity contribution in [3.05, 3.63) is 60.2 Å². The van der Waals surface area contributed by atoms with E-state index in [1.807, 2.05) is 44.2 Å². The summed E-state index contributed by atoms with van der Waals surface area (Å²) in [7, 11) is -2.46. The molecule has 0 saturated heterocycles. The first kappa shape index (κ1) is 31.3. The van der Waals surface area contributed by atoms with E-state index in [0.29, 0.717) is 5.75 Å². The van der Waals surface area contributed by atoms with Crippen molar-refractivity contribution in [1.29, 1.82) is 0 Å². The number of hydrogen-bond donors (Lipinski definition) is 3. The molecule has 9 nitrogen and oxygen atoms in total. The number of carbonyl (C=O) groups excluding carboxylic acids is 2. The number of primary amides is 1. The van der Waals surface area contributed by atoms with E-state index in [4.69, 9.17) is 10.5 Å². The van der Waals surface area contributed by atoms with Crippen LogP contribution in [-0.4, -0.2) is 62.0 Å². The topological polar surface area (TPSA) is 139 Å². The van der Waals surface area contributed by atoms with Crippen LogP contribution in [0.5, 0.6) is 5.75 Å². The first-order valence-corrected chi connectivity index (χ1v) is 14.1.